The molecule has 0 bridgehead atoms. The molecule has 0 spiro atoms. The average molecular weight is 304 g/mol. The van der Waals surface area contributed by atoms with Gasteiger partial charge in [-0.05, 0) is 60.2 Å². The van der Waals surface area contributed by atoms with E-state index in [-0.39, 0.29) is 0 Å². The summed E-state index contributed by atoms with van der Waals surface area (Å²) in [5.41, 5.74) is 6.81. The minimum Gasteiger partial charge on any atom is -0.330 e. The second-order valence-electron chi connectivity index (χ2n) is 3.49. The van der Waals surface area contributed by atoms with Gasteiger partial charge in [0.05, 0.1) is 0 Å². The van der Waals surface area contributed by atoms with Crippen molar-refractivity contribution in [2.75, 3.05) is 6.54 Å². The van der Waals surface area contributed by atoms with Crippen molar-refractivity contribution in [1.29, 1.82) is 0 Å². The molecule has 0 aliphatic heterocycles. The number of hydrogen-bond donors (Lipinski definition) is 2. The highest BCUT2D eigenvalue weighted by molar-refractivity contribution is 14.1. The third-order valence-corrected chi connectivity index (χ3v) is 2.89. The Morgan fingerprint density at radius 1 is 1.36 bits per heavy atom. The quantitative estimate of drug-likeness (QED) is 0.818. The van der Waals surface area contributed by atoms with Crippen LogP contribution >= 0.6 is 22.6 Å². The molecule has 2 nitrogen and oxygen atoms in total. The topological polar surface area (TPSA) is 38.0 Å². The van der Waals surface area contributed by atoms with Crippen molar-refractivity contribution < 1.29 is 0 Å². The van der Waals surface area contributed by atoms with Gasteiger partial charge in [-0.15, -0.1) is 0 Å². The summed E-state index contributed by atoms with van der Waals surface area (Å²) in [7, 11) is 0. The molecule has 14 heavy (non-hydrogen) atoms. The fraction of sp³-hybridized carbons (Fsp3) is 0.455. The standard InChI is InChI=1S/C11H17IN2/c1-9(6-7-13)14-8-10-2-4-11(12)5-3-10/h2-5,9,14H,6-8,13H2,1H3. The fourth-order valence-corrected chi connectivity index (χ4v) is 1.61. The Hall–Kier alpha value is -0.130. The normalized spacial score (nSPS) is 12.8. The lowest BCUT2D eigenvalue weighted by Gasteiger charge is -2.12. The van der Waals surface area contributed by atoms with Crippen molar-refractivity contribution in [2.24, 2.45) is 5.73 Å². The van der Waals surface area contributed by atoms with Crippen molar-refractivity contribution >= 4 is 22.6 Å². The van der Waals surface area contributed by atoms with E-state index in [0.717, 1.165) is 19.5 Å². The molecule has 0 aromatic heterocycles. The SMILES string of the molecule is CC(CCN)NCc1ccc(I)cc1. The highest BCUT2D eigenvalue weighted by Gasteiger charge is 1.99. The maximum atomic E-state index is 5.48. The summed E-state index contributed by atoms with van der Waals surface area (Å²) in [4.78, 5) is 0. The molecule has 0 fully saturated rings. The molecule has 0 radical (unpaired) electrons. The van der Waals surface area contributed by atoms with Crippen molar-refractivity contribution in [2.45, 2.75) is 25.9 Å². The number of hydrogen-bond acceptors (Lipinski definition) is 2. The Balaban J connectivity index is 2.34. The van der Waals surface area contributed by atoms with Crippen LogP contribution in [-0.2, 0) is 6.54 Å². The van der Waals surface area contributed by atoms with Crippen molar-refractivity contribution in [3.8, 4) is 0 Å². The second-order valence-corrected chi connectivity index (χ2v) is 4.73. The lowest BCUT2D eigenvalue weighted by Crippen LogP contribution is -2.27. The van der Waals surface area contributed by atoms with Gasteiger partial charge in [-0.25, -0.2) is 0 Å². The van der Waals surface area contributed by atoms with Crippen molar-refractivity contribution in [3.05, 3.63) is 33.4 Å². The maximum absolute atomic E-state index is 5.48. The van der Waals surface area contributed by atoms with Crippen LogP contribution in [0.5, 0.6) is 0 Å². The van der Waals surface area contributed by atoms with Crippen LogP contribution < -0.4 is 11.1 Å². The van der Waals surface area contributed by atoms with Gasteiger partial charge in [0, 0.05) is 16.2 Å². The van der Waals surface area contributed by atoms with Gasteiger partial charge in [-0.2, -0.15) is 0 Å². The number of nitrogens with two attached hydrogens (primary N) is 1. The van der Waals surface area contributed by atoms with Crippen LogP contribution in [0.15, 0.2) is 24.3 Å². The maximum Gasteiger partial charge on any atom is 0.0207 e. The van der Waals surface area contributed by atoms with E-state index in [4.69, 9.17) is 5.73 Å². The Labute approximate surface area is 99.4 Å². The molecule has 3 heteroatoms. The van der Waals surface area contributed by atoms with Gasteiger partial charge in [-0.3, -0.25) is 0 Å². The van der Waals surface area contributed by atoms with Gasteiger partial charge >= 0.3 is 0 Å². The fourth-order valence-electron chi connectivity index (χ4n) is 1.25. The van der Waals surface area contributed by atoms with Gasteiger partial charge in [0.1, 0.15) is 0 Å². The van der Waals surface area contributed by atoms with Crippen LogP contribution in [-0.4, -0.2) is 12.6 Å². The minimum atomic E-state index is 0.499. The lowest BCUT2D eigenvalue weighted by atomic mass is 10.2. The Morgan fingerprint density at radius 2 is 2.00 bits per heavy atom. The largest absolute Gasteiger partial charge is 0.330 e. The molecule has 0 saturated heterocycles. The zero-order valence-corrected chi connectivity index (χ0v) is 10.6. The highest BCUT2D eigenvalue weighted by Crippen LogP contribution is 2.06. The van der Waals surface area contributed by atoms with Crippen LogP contribution in [0.25, 0.3) is 0 Å². The average Bonchev–Trinajstić information content (AvgIpc) is 2.17. The first-order valence-corrected chi connectivity index (χ1v) is 5.98. The highest BCUT2D eigenvalue weighted by atomic mass is 127. The molecule has 0 aliphatic rings. The van der Waals surface area contributed by atoms with E-state index in [1.165, 1.54) is 9.13 Å². The molecule has 1 unspecified atom stereocenters. The van der Waals surface area contributed by atoms with Crippen LogP contribution in [0.2, 0.25) is 0 Å². The number of nitrogens with one attached hydrogen (secondary N) is 1. The molecule has 0 saturated carbocycles. The van der Waals surface area contributed by atoms with Crippen LogP contribution in [0.1, 0.15) is 18.9 Å². The van der Waals surface area contributed by atoms with Crippen LogP contribution in [0, 0.1) is 3.57 Å². The summed E-state index contributed by atoms with van der Waals surface area (Å²) in [6, 6.07) is 9.07. The zero-order chi connectivity index (χ0) is 10.4. The Kier molecular flexibility index (Phi) is 5.44. The third kappa shape index (κ3) is 4.39. The van der Waals surface area contributed by atoms with E-state index in [0.29, 0.717) is 6.04 Å². The van der Waals surface area contributed by atoms with Crippen LogP contribution in [0.3, 0.4) is 0 Å². The first kappa shape index (κ1) is 11.9. The summed E-state index contributed by atoms with van der Waals surface area (Å²) >= 11 is 2.31. The van der Waals surface area contributed by atoms with E-state index < -0.39 is 0 Å². The van der Waals surface area contributed by atoms with Gasteiger partial charge < -0.3 is 11.1 Å². The summed E-state index contributed by atoms with van der Waals surface area (Å²) in [6.07, 6.45) is 1.03. The molecule has 1 aromatic carbocycles. The molecule has 1 rings (SSSR count). The van der Waals surface area contributed by atoms with E-state index >= 15 is 0 Å². The number of benzene rings is 1. The molecule has 0 heterocycles. The molecule has 1 aromatic rings. The van der Waals surface area contributed by atoms with Gasteiger partial charge in [0.2, 0.25) is 0 Å². The summed E-state index contributed by atoms with van der Waals surface area (Å²) < 4.78 is 1.28. The molecule has 1 atom stereocenters. The smallest absolute Gasteiger partial charge is 0.0207 e. The third-order valence-electron chi connectivity index (χ3n) is 2.17. The lowest BCUT2D eigenvalue weighted by molar-refractivity contribution is 0.520. The number of rotatable bonds is 5. The van der Waals surface area contributed by atoms with Gasteiger partial charge in [0.15, 0.2) is 0 Å². The zero-order valence-electron chi connectivity index (χ0n) is 8.46. The second kappa shape index (κ2) is 6.37. The summed E-state index contributed by atoms with van der Waals surface area (Å²) in [5, 5.41) is 3.44. The molecular weight excluding hydrogens is 287 g/mol. The van der Waals surface area contributed by atoms with E-state index in [9.17, 15) is 0 Å². The first-order valence-electron chi connectivity index (χ1n) is 4.90. The molecular formula is C11H17IN2. The summed E-state index contributed by atoms with van der Waals surface area (Å²) in [6.45, 7) is 3.85. The monoisotopic (exact) mass is 304 g/mol. The van der Waals surface area contributed by atoms with Crippen molar-refractivity contribution in [1.82, 2.24) is 5.32 Å². The summed E-state index contributed by atoms with van der Waals surface area (Å²) in [5.74, 6) is 0. The van der Waals surface area contributed by atoms with Gasteiger partial charge in [0.25, 0.3) is 0 Å². The molecule has 78 valence electrons. The minimum absolute atomic E-state index is 0.499. The van der Waals surface area contributed by atoms with Gasteiger partial charge in [-0.1, -0.05) is 12.1 Å². The predicted octanol–water partition coefficient (Wildman–Crippen LogP) is 2.12. The Morgan fingerprint density at radius 3 is 2.57 bits per heavy atom. The number of halogens is 1. The van der Waals surface area contributed by atoms with Crippen LogP contribution in [0.4, 0.5) is 0 Å². The van der Waals surface area contributed by atoms with E-state index in [1.54, 1.807) is 0 Å². The van der Waals surface area contributed by atoms with E-state index in [1.807, 2.05) is 0 Å². The first-order chi connectivity index (χ1) is 6.72. The van der Waals surface area contributed by atoms with E-state index in [2.05, 4.69) is 59.1 Å². The predicted molar refractivity (Wildman–Crippen MR) is 69.1 cm³/mol. The molecule has 3 N–H and O–H groups in total. The van der Waals surface area contributed by atoms with Crippen molar-refractivity contribution in [3.63, 3.8) is 0 Å². The molecule has 0 amide bonds. The molecule has 0 aliphatic carbocycles. The Bertz CT molecular complexity index is 258.